The Balaban J connectivity index is 0.000000659. The van der Waals surface area contributed by atoms with Gasteiger partial charge in [0.05, 0.1) is 11.3 Å². The van der Waals surface area contributed by atoms with E-state index in [0.29, 0.717) is 0 Å². The molecule has 0 saturated carbocycles. The Hall–Kier alpha value is -2.77. The Morgan fingerprint density at radius 2 is 1.67 bits per heavy atom. The summed E-state index contributed by atoms with van der Waals surface area (Å²) in [5, 5.41) is 18.7. The summed E-state index contributed by atoms with van der Waals surface area (Å²) in [5.74, 6) is 0.688. The van der Waals surface area contributed by atoms with E-state index < -0.39 is 0 Å². The van der Waals surface area contributed by atoms with Gasteiger partial charge in [0.2, 0.25) is 0 Å². The van der Waals surface area contributed by atoms with Crippen LogP contribution in [0.3, 0.4) is 0 Å². The maximum Gasteiger partial charge on any atom is 0.159 e. The minimum Gasteiger partial charge on any atom is -0.397 e. The summed E-state index contributed by atoms with van der Waals surface area (Å²) < 4.78 is 13.3. The third-order valence-corrected chi connectivity index (χ3v) is 4.27. The van der Waals surface area contributed by atoms with Crippen LogP contribution in [0.25, 0.3) is 22.4 Å². The molecular formula is C20H24FN5O. The number of nitrogens with zero attached hydrogens (tertiary/aromatic N) is 3. The standard InChI is InChI=1S/C18H18FN5.C2H6O/c19-15-3-1-14(2-4-15)17-16(13-5-7-20-8-6-13)18(23-22-17)24-11-9-21-10-12-24;1-2-3/h1-8,21H,9-12H2,(H,22,23);3H,2H2,1H3. The van der Waals surface area contributed by atoms with Crippen LogP contribution >= 0.6 is 0 Å². The number of pyridine rings is 1. The van der Waals surface area contributed by atoms with Crippen LogP contribution in [0.4, 0.5) is 10.2 Å². The second kappa shape index (κ2) is 9.25. The number of piperazine rings is 1. The third-order valence-electron chi connectivity index (χ3n) is 4.27. The van der Waals surface area contributed by atoms with E-state index in [1.54, 1.807) is 31.5 Å². The van der Waals surface area contributed by atoms with Gasteiger partial charge in [-0.25, -0.2) is 4.39 Å². The number of anilines is 1. The first-order valence-corrected chi connectivity index (χ1v) is 9.05. The molecule has 0 aliphatic carbocycles. The molecule has 3 heterocycles. The molecule has 6 nitrogen and oxygen atoms in total. The van der Waals surface area contributed by atoms with E-state index in [-0.39, 0.29) is 12.4 Å². The van der Waals surface area contributed by atoms with Crippen LogP contribution in [0.1, 0.15) is 6.92 Å². The third kappa shape index (κ3) is 4.50. The number of halogens is 1. The average molecular weight is 369 g/mol. The fourth-order valence-corrected chi connectivity index (χ4v) is 3.06. The van der Waals surface area contributed by atoms with Crippen molar-refractivity contribution in [1.29, 1.82) is 0 Å². The van der Waals surface area contributed by atoms with Crippen molar-refractivity contribution in [3.05, 3.63) is 54.6 Å². The van der Waals surface area contributed by atoms with Gasteiger partial charge in [-0.05, 0) is 48.9 Å². The number of aliphatic hydroxyl groups is 1. The number of aliphatic hydroxyl groups excluding tert-OH is 1. The molecule has 1 aliphatic heterocycles. The van der Waals surface area contributed by atoms with Gasteiger partial charge in [0.15, 0.2) is 5.82 Å². The fourth-order valence-electron chi connectivity index (χ4n) is 3.06. The summed E-state index contributed by atoms with van der Waals surface area (Å²) in [6, 6.07) is 10.4. The Labute approximate surface area is 158 Å². The van der Waals surface area contributed by atoms with Gasteiger partial charge in [0.1, 0.15) is 5.82 Å². The molecular weight excluding hydrogens is 345 g/mol. The van der Waals surface area contributed by atoms with Crippen LogP contribution < -0.4 is 10.2 Å². The van der Waals surface area contributed by atoms with Gasteiger partial charge in [-0.2, -0.15) is 5.10 Å². The molecule has 1 saturated heterocycles. The normalized spacial score (nSPS) is 13.8. The molecule has 1 fully saturated rings. The SMILES string of the molecule is CCO.Fc1ccc(-c2[nH]nc(N3CCNCC3)c2-c2ccncc2)cc1. The van der Waals surface area contributed by atoms with Crippen molar-refractivity contribution >= 4 is 5.82 Å². The van der Waals surface area contributed by atoms with E-state index in [0.717, 1.165) is 54.4 Å². The Bertz CT molecular complexity index is 829. The lowest BCUT2D eigenvalue weighted by Crippen LogP contribution is -2.43. The second-order valence-electron chi connectivity index (χ2n) is 6.09. The van der Waals surface area contributed by atoms with Gasteiger partial charge in [0.25, 0.3) is 0 Å². The van der Waals surface area contributed by atoms with Crippen LogP contribution in [0.5, 0.6) is 0 Å². The van der Waals surface area contributed by atoms with Gasteiger partial charge in [-0.1, -0.05) is 0 Å². The molecule has 1 aliphatic rings. The van der Waals surface area contributed by atoms with Crippen LogP contribution in [0.15, 0.2) is 48.8 Å². The summed E-state index contributed by atoms with van der Waals surface area (Å²) in [6.45, 7) is 5.63. The quantitative estimate of drug-likeness (QED) is 0.662. The summed E-state index contributed by atoms with van der Waals surface area (Å²) in [6.07, 6.45) is 3.55. The summed E-state index contributed by atoms with van der Waals surface area (Å²) in [7, 11) is 0. The zero-order valence-electron chi connectivity index (χ0n) is 15.3. The monoisotopic (exact) mass is 369 g/mol. The van der Waals surface area contributed by atoms with Crippen LogP contribution in [0.2, 0.25) is 0 Å². The van der Waals surface area contributed by atoms with E-state index in [2.05, 4.69) is 25.4 Å². The zero-order chi connectivity index (χ0) is 19.1. The topological polar surface area (TPSA) is 77.1 Å². The van der Waals surface area contributed by atoms with E-state index in [1.165, 1.54) is 12.1 Å². The molecule has 3 aromatic rings. The van der Waals surface area contributed by atoms with Crippen molar-refractivity contribution in [1.82, 2.24) is 20.5 Å². The lowest BCUT2D eigenvalue weighted by Gasteiger charge is -2.28. The van der Waals surface area contributed by atoms with E-state index in [9.17, 15) is 4.39 Å². The van der Waals surface area contributed by atoms with E-state index in [1.807, 2.05) is 12.1 Å². The van der Waals surface area contributed by atoms with Gasteiger partial charge >= 0.3 is 0 Å². The van der Waals surface area contributed by atoms with Crippen molar-refractivity contribution < 1.29 is 9.50 Å². The number of aromatic nitrogens is 3. The van der Waals surface area contributed by atoms with Gasteiger partial charge in [-0.15, -0.1) is 0 Å². The zero-order valence-corrected chi connectivity index (χ0v) is 15.3. The van der Waals surface area contributed by atoms with Crippen molar-refractivity contribution in [3.8, 4) is 22.4 Å². The predicted octanol–water partition coefficient (Wildman–Crippen LogP) is 2.69. The first-order valence-electron chi connectivity index (χ1n) is 9.05. The molecule has 1 aromatic carbocycles. The molecule has 0 spiro atoms. The molecule has 0 atom stereocenters. The van der Waals surface area contributed by atoms with Crippen molar-refractivity contribution in [2.24, 2.45) is 0 Å². The Kier molecular flexibility index (Phi) is 6.51. The molecule has 142 valence electrons. The number of rotatable bonds is 3. The Morgan fingerprint density at radius 1 is 1.04 bits per heavy atom. The number of nitrogens with one attached hydrogen (secondary N) is 2. The number of hydrogen-bond donors (Lipinski definition) is 3. The van der Waals surface area contributed by atoms with Crippen molar-refractivity contribution in [2.75, 3.05) is 37.7 Å². The number of aromatic amines is 1. The van der Waals surface area contributed by atoms with Crippen LogP contribution in [0, 0.1) is 5.82 Å². The van der Waals surface area contributed by atoms with Gasteiger partial charge in [-0.3, -0.25) is 10.1 Å². The largest absolute Gasteiger partial charge is 0.397 e. The van der Waals surface area contributed by atoms with Gasteiger partial charge in [0, 0.05) is 50.7 Å². The lowest BCUT2D eigenvalue weighted by atomic mass is 10.0. The highest BCUT2D eigenvalue weighted by Gasteiger charge is 2.22. The second-order valence-corrected chi connectivity index (χ2v) is 6.09. The van der Waals surface area contributed by atoms with Crippen LogP contribution in [-0.2, 0) is 0 Å². The molecule has 0 unspecified atom stereocenters. The molecule has 3 N–H and O–H groups in total. The lowest BCUT2D eigenvalue weighted by molar-refractivity contribution is 0.318. The van der Waals surface area contributed by atoms with Crippen molar-refractivity contribution in [2.45, 2.75) is 6.92 Å². The summed E-state index contributed by atoms with van der Waals surface area (Å²) in [4.78, 5) is 6.38. The molecule has 4 rings (SSSR count). The summed E-state index contributed by atoms with van der Waals surface area (Å²) in [5.41, 5.74) is 3.89. The highest BCUT2D eigenvalue weighted by Crippen LogP contribution is 2.37. The predicted molar refractivity (Wildman–Crippen MR) is 105 cm³/mol. The smallest absolute Gasteiger partial charge is 0.159 e. The highest BCUT2D eigenvalue weighted by atomic mass is 19.1. The van der Waals surface area contributed by atoms with E-state index >= 15 is 0 Å². The minimum atomic E-state index is -0.244. The van der Waals surface area contributed by atoms with E-state index in [4.69, 9.17) is 5.11 Å². The first kappa shape index (κ1) is 19.0. The Morgan fingerprint density at radius 3 is 2.30 bits per heavy atom. The maximum atomic E-state index is 13.3. The fraction of sp³-hybridized carbons (Fsp3) is 0.300. The molecule has 27 heavy (non-hydrogen) atoms. The average Bonchev–Trinajstić information content (AvgIpc) is 3.16. The summed E-state index contributed by atoms with van der Waals surface area (Å²) >= 11 is 0. The molecule has 7 heteroatoms. The highest BCUT2D eigenvalue weighted by molar-refractivity contribution is 5.89. The number of H-pyrrole nitrogens is 1. The first-order chi connectivity index (χ1) is 13.2. The molecule has 0 bridgehead atoms. The minimum absolute atomic E-state index is 0.244. The molecule has 0 amide bonds. The molecule has 2 aromatic heterocycles. The molecule has 0 radical (unpaired) electrons. The number of hydrogen-bond acceptors (Lipinski definition) is 5. The number of benzene rings is 1. The van der Waals surface area contributed by atoms with Crippen LogP contribution in [-0.4, -0.2) is 53.1 Å². The van der Waals surface area contributed by atoms with Gasteiger partial charge < -0.3 is 15.3 Å². The van der Waals surface area contributed by atoms with Crippen molar-refractivity contribution in [3.63, 3.8) is 0 Å². The maximum absolute atomic E-state index is 13.3.